The average Bonchev–Trinajstić information content (AvgIpc) is 3.22. The lowest BCUT2D eigenvalue weighted by molar-refractivity contribution is 0.0950. The number of hydrogen-bond acceptors (Lipinski definition) is 6. The minimum atomic E-state index is -0.165. The number of rotatable bonds is 5. The van der Waals surface area contributed by atoms with Crippen LogP contribution in [0.2, 0.25) is 0 Å². The van der Waals surface area contributed by atoms with Crippen molar-refractivity contribution in [3.05, 3.63) is 96.1 Å². The number of hydrogen-bond donors (Lipinski definition) is 2. The normalized spacial score (nSPS) is 10.9. The van der Waals surface area contributed by atoms with Crippen LogP contribution in [0.15, 0.2) is 79.4 Å². The number of nitrogens with zero attached hydrogens (tertiary/aromatic N) is 5. The molecule has 0 saturated carbocycles. The molecule has 1 amide bonds. The maximum absolute atomic E-state index is 12.3. The summed E-state index contributed by atoms with van der Waals surface area (Å²) in [6.45, 7) is 2.39. The van der Waals surface area contributed by atoms with Crippen molar-refractivity contribution < 1.29 is 4.79 Å². The van der Waals surface area contributed by atoms with Crippen molar-refractivity contribution in [2.75, 3.05) is 5.73 Å². The predicted molar refractivity (Wildman–Crippen MR) is 127 cm³/mol. The van der Waals surface area contributed by atoms with E-state index in [2.05, 4.69) is 20.3 Å². The molecule has 0 aliphatic carbocycles. The quantitative estimate of drug-likeness (QED) is 0.435. The molecule has 5 aromatic rings. The van der Waals surface area contributed by atoms with Gasteiger partial charge < -0.3 is 11.1 Å². The minimum Gasteiger partial charge on any atom is -0.383 e. The van der Waals surface area contributed by atoms with E-state index in [-0.39, 0.29) is 5.91 Å². The second kappa shape index (κ2) is 8.51. The molecular formula is C25H21N7O. The lowest BCUT2D eigenvalue weighted by Crippen LogP contribution is -2.22. The Balaban J connectivity index is 1.48. The Labute approximate surface area is 190 Å². The van der Waals surface area contributed by atoms with Crippen LogP contribution in [-0.4, -0.2) is 30.4 Å². The van der Waals surface area contributed by atoms with Gasteiger partial charge in [0.15, 0.2) is 11.5 Å². The molecule has 0 spiro atoms. The zero-order valence-corrected chi connectivity index (χ0v) is 17.9. The van der Waals surface area contributed by atoms with Crippen molar-refractivity contribution in [3.8, 4) is 17.1 Å². The molecule has 8 heteroatoms. The lowest BCUT2D eigenvalue weighted by atomic mass is 10.2. The van der Waals surface area contributed by atoms with Gasteiger partial charge in [0.25, 0.3) is 5.91 Å². The van der Waals surface area contributed by atoms with Crippen molar-refractivity contribution in [3.63, 3.8) is 0 Å². The van der Waals surface area contributed by atoms with Crippen molar-refractivity contribution in [1.82, 2.24) is 29.8 Å². The van der Waals surface area contributed by atoms with E-state index >= 15 is 0 Å². The fraction of sp³-hybridized carbons (Fsp3) is 0.0800. The highest BCUT2D eigenvalue weighted by Gasteiger charge is 2.18. The van der Waals surface area contributed by atoms with E-state index in [0.717, 1.165) is 33.5 Å². The highest BCUT2D eigenvalue weighted by Crippen LogP contribution is 2.30. The monoisotopic (exact) mass is 435 g/mol. The summed E-state index contributed by atoms with van der Waals surface area (Å²) in [7, 11) is 0. The largest absolute Gasteiger partial charge is 0.383 e. The molecule has 4 heterocycles. The van der Waals surface area contributed by atoms with Gasteiger partial charge >= 0.3 is 0 Å². The Hall–Kier alpha value is -4.59. The third-order valence-corrected chi connectivity index (χ3v) is 5.28. The first kappa shape index (κ1) is 20.3. The van der Waals surface area contributed by atoms with Gasteiger partial charge in [0.1, 0.15) is 11.3 Å². The lowest BCUT2D eigenvalue weighted by Gasteiger charge is -2.11. The van der Waals surface area contributed by atoms with Crippen molar-refractivity contribution in [2.45, 2.75) is 13.5 Å². The molecule has 8 nitrogen and oxygen atoms in total. The molecule has 0 saturated heterocycles. The fourth-order valence-corrected chi connectivity index (χ4v) is 3.64. The molecule has 1 aromatic carbocycles. The Morgan fingerprint density at radius 3 is 2.61 bits per heavy atom. The van der Waals surface area contributed by atoms with Gasteiger partial charge in [0.05, 0.1) is 11.1 Å². The Kier molecular flexibility index (Phi) is 5.24. The van der Waals surface area contributed by atoms with E-state index in [1.54, 1.807) is 30.7 Å². The first-order chi connectivity index (χ1) is 16.1. The van der Waals surface area contributed by atoms with Gasteiger partial charge in [-0.15, -0.1) is 0 Å². The van der Waals surface area contributed by atoms with Crippen LogP contribution in [0.5, 0.6) is 0 Å². The zero-order valence-electron chi connectivity index (χ0n) is 17.9. The molecule has 162 valence electrons. The first-order valence-electron chi connectivity index (χ1n) is 10.4. The Morgan fingerprint density at radius 1 is 1.03 bits per heavy atom. The maximum atomic E-state index is 12.3. The number of nitrogens with one attached hydrogen (secondary N) is 1. The molecule has 0 aliphatic rings. The smallest absolute Gasteiger partial charge is 0.253 e. The fourth-order valence-electron chi connectivity index (χ4n) is 3.64. The van der Waals surface area contributed by atoms with Gasteiger partial charge in [-0.25, -0.2) is 15.0 Å². The van der Waals surface area contributed by atoms with Crippen LogP contribution in [0, 0.1) is 6.92 Å². The molecule has 0 bridgehead atoms. The summed E-state index contributed by atoms with van der Waals surface area (Å²) >= 11 is 0. The second-order valence-corrected chi connectivity index (χ2v) is 7.65. The molecule has 4 aromatic heterocycles. The van der Waals surface area contributed by atoms with Gasteiger partial charge in [-0.2, -0.15) is 0 Å². The van der Waals surface area contributed by atoms with Gasteiger partial charge in [-0.1, -0.05) is 12.1 Å². The summed E-state index contributed by atoms with van der Waals surface area (Å²) in [4.78, 5) is 29.9. The highest BCUT2D eigenvalue weighted by molar-refractivity contribution is 5.93. The van der Waals surface area contributed by atoms with Crippen molar-refractivity contribution >= 4 is 22.9 Å². The summed E-state index contributed by atoms with van der Waals surface area (Å²) in [6.07, 6.45) is 6.66. The van der Waals surface area contributed by atoms with E-state index < -0.39 is 0 Å². The Bertz CT molecular complexity index is 1440. The standard InChI is InChI=1S/C25H21N7O/c1-16-12-21-24(29-13-16)32(23(31-21)20-5-3-11-28-22(20)26)19-8-6-17(7-9-19)14-30-25(33)18-4-2-10-27-15-18/h2-13,15H,14H2,1H3,(H2,26,28)(H,30,33). The van der Waals surface area contributed by atoms with Crippen LogP contribution in [0.3, 0.4) is 0 Å². The number of benzene rings is 1. The molecule has 0 unspecified atom stereocenters. The summed E-state index contributed by atoms with van der Waals surface area (Å²) in [5.41, 5.74) is 11.8. The summed E-state index contributed by atoms with van der Waals surface area (Å²) < 4.78 is 1.97. The third kappa shape index (κ3) is 4.01. The summed E-state index contributed by atoms with van der Waals surface area (Å²) in [6, 6.07) is 17.1. The number of aromatic nitrogens is 5. The molecule has 0 atom stereocenters. The van der Waals surface area contributed by atoms with Crippen LogP contribution in [0.25, 0.3) is 28.2 Å². The number of nitrogen functional groups attached to an aromatic ring is 1. The van der Waals surface area contributed by atoms with E-state index in [9.17, 15) is 4.79 Å². The van der Waals surface area contributed by atoms with E-state index in [0.29, 0.717) is 23.8 Å². The molecule has 0 radical (unpaired) electrons. The van der Waals surface area contributed by atoms with E-state index in [1.165, 1.54) is 0 Å². The van der Waals surface area contributed by atoms with Crippen LogP contribution in [-0.2, 0) is 6.54 Å². The SMILES string of the molecule is Cc1cnc2c(c1)nc(-c1cccnc1N)n2-c1ccc(CNC(=O)c2cccnc2)cc1. The van der Waals surface area contributed by atoms with Gasteiger partial charge in [0, 0.05) is 37.0 Å². The molecule has 3 N–H and O–H groups in total. The number of aryl methyl sites for hydroxylation is 1. The van der Waals surface area contributed by atoms with Gasteiger partial charge in [0.2, 0.25) is 0 Å². The maximum Gasteiger partial charge on any atom is 0.253 e. The van der Waals surface area contributed by atoms with E-state index in [4.69, 9.17) is 10.7 Å². The minimum absolute atomic E-state index is 0.165. The molecule has 5 rings (SSSR count). The van der Waals surface area contributed by atoms with Crippen LogP contribution < -0.4 is 11.1 Å². The van der Waals surface area contributed by atoms with Gasteiger partial charge in [-0.05, 0) is 60.5 Å². The molecular weight excluding hydrogens is 414 g/mol. The number of amides is 1. The van der Waals surface area contributed by atoms with Crippen LogP contribution >= 0.6 is 0 Å². The number of carbonyl (C=O) groups excluding carboxylic acids is 1. The topological polar surface area (TPSA) is 112 Å². The zero-order chi connectivity index (χ0) is 22.8. The number of pyridine rings is 3. The predicted octanol–water partition coefficient (Wildman–Crippen LogP) is 3.70. The van der Waals surface area contributed by atoms with Crippen LogP contribution in [0.4, 0.5) is 5.82 Å². The third-order valence-electron chi connectivity index (χ3n) is 5.28. The number of imidazole rings is 1. The van der Waals surface area contributed by atoms with Gasteiger partial charge in [-0.3, -0.25) is 14.3 Å². The van der Waals surface area contributed by atoms with Crippen LogP contribution in [0.1, 0.15) is 21.5 Å². The number of anilines is 1. The van der Waals surface area contributed by atoms with E-state index in [1.807, 2.05) is 60.2 Å². The average molecular weight is 435 g/mol. The summed E-state index contributed by atoms with van der Waals surface area (Å²) in [5.74, 6) is 0.911. The highest BCUT2D eigenvalue weighted by atomic mass is 16.1. The number of fused-ring (bicyclic) bond motifs is 1. The second-order valence-electron chi connectivity index (χ2n) is 7.65. The van der Waals surface area contributed by atoms with Crippen molar-refractivity contribution in [1.29, 1.82) is 0 Å². The molecule has 0 fully saturated rings. The summed E-state index contributed by atoms with van der Waals surface area (Å²) in [5, 5.41) is 2.91. The van der Waals surface area contributed by atoms with Crippen molar-refractivity contribution in [2.24, 2.45) is 0 Å². The number of nitrogens with two attached hydrogens (primary N) is 1. The first-order valence-corrected chi connectivity index (χ1v) is 10.4. The molecule has 0 aliphatic heterocycles. The Morgan fingerprint density at radius 2 is 1.85 bits per heavy atom. The number of carbonyl (C=O) groups is 1. The molecule has 33 heavy (non-hydrogen) atoms.